The largest absolute Gasteiger partial charge is 0.495 e. The maximum absolute atomic E-state index is 14.7. The first-order valence-corrected chi connectivity index (χ1v) is 10.9. The van der Waals surface area contributed by atoms with Crippen molar-refractivity contribution in [1.82, 2.24) is 10.3 Å². The van der Waals surface area contributed by atoms with Gasteiger partial charge >= 0.3 is 0 Å². The summed E-state index contributed by atoms with van der Waals surface area (Å²) in [6.07, 6.45) is 1.18. The smallest absolute Gasteiger partial charge is 0.277 e. The Labute approximate surface area is 178 Å². The lowest BCUT2D eigenvalue weighted by Gasteiger charge is -2.43. The number of sulfone groups is 1. The number of pyridine rings is 1. The normalized spacial score (nSPS) is 21.8. The van der Waals surface area contributed by atoms with Crippen molar-refractivity contribution in [3.63, 3.8) is 0 Å². The fourth-order valence-electron chi connectivity index (χ4n) is 3.24. The van der Waals surface area contributed by atoms with Gasteiger partial charge in [0, 0.05) is 17.3 Å². The van der Waals surface area contributed by atoms with Gasteiger partial charge < -0.3 is 15.4 Å². The molecule has 11 heteroatoms. The van der Waals surface area contributed by atoms with Gasteiger partial charge in [-0.25, -0.2) is 22.2 Å². The van der Waals surface area contributed by atoms with Gasteiger partial charge in [-0.2, -0.15) is 0 Å². The van der Waals surface area contributed by atoms with Crippen molar-refractivity contribution in [2.75, 3.05) is 18.2 Å². The molecule has 0 spiro atoms. The third kappa shape index (κ3) is 3.97. The molecular weight excluding hydrogens is 430 g/mol. The quantitative estimate of drug-likeness (QED) is 0.656. The molecule has 1 amide bonds. The van der Waals surface area contributed by atoms with E-state index >= 15 is 0 Å². The summed E-state index contributed by atoms with van der Waals surface area (Å²) in [5.41, 5.74) is -1.88. The van der Waals surface area contributed by atoms with E-state index in [1.54, 1.807) is 0 Å². The summed E-state index contributed by atoms with van der Waals surface area (Å²) in [7, 11) is -2.46. The highest BCUT2D eigenvalue weighted by Gasteiger charge is 2.51. The van der Waals surface area contributed by atoms with Gasteiger partial charge in [0.15, 0.2) is 21.3 Å². The molecule has 166 valence electrons. The molecule has 1 aromatic carbocycles. The van der Waals surface area contributed by atoms with Gasteiger partial charge in [-0.1, -0.05) is 0 Å². The molecule has 1 aliphatic heterocycles. The van der Waals surface area contributed by atoms with Gasteiger partial charge in [-0.15, -0.1) is 0 Å². The number of carbonyl (C=O) groups is 1. The van der Waals surface area contributed by atoms with Gasteiger partial charge in [0.25, 0.3) is 5.91 Å². The zero-order chi connectivity index (χ0) is 23.2. The molecule has 1 saturated heterocycles. The summed E-state index contributed by atoms with van der Waals surface area (Å²) < 4.78 is 57.6. The minimum absolute atomic E-state index is 0.0581. The summed E-state index contributed by atoms with van der Waals surface area (Å²) in [5.74, 6) is -3.08. The van der Waals surface area contributed by atoms with E-state index in [-0.39, 0.29) is 22.8 Å². The van der Waals surface area contributed by atoms with Crippen molar-refractivity contribution in [2.24, 2.45) is 0 Å². The topological polar surface area (TPSA) is 121 Å². The van der Waals surface area contributed by atoms with E-state index in [0.717, 1.165) is 12.1 Å². The first-order valence-electron chi connectivity index (χ1n) is 9.21. The summed E-state index contributed by atoms with van der Waals surface area (Å²) in [6, 6.07) is 4.58. The standard InChI is InChI=1S/C20H22F2N4O4S/c1-19(2)18(23)26-20(3,10-31(19,28)29)13-7-11(5-6-14(13)21)25-17(27)16-15(22)8-12(30-4)9-24-16/h5-9H,10H2,1-4H3,(H2,23,26)(H,25,27)/t20-/m0/s1. The van der Waals surface area contributed by atoms with Crippen LogP contribution in [0.2, 0.25) is 0 Å². The third-order valence-electron chi connectivity index (χ3n) is 5.34. The Bertz CT molecular complexity index is 1180. The number of ether oxygens (including phenoxy) is 1. The molecular formula is C20H22F2N4O4S. The number of anilines is 1. The van der Waals surface area contributed by atoms with Crippen LogP contribution in [0.5, 0.6) is 5.75 Å². The van der Waals surface area contributed by atoms with Gasteiger partial charge in [-0.05, 0) is 39.0 Å². The van der Waals surface area contributed by atoms with Crippen molar-refractivity contribution < 1.29 is 26.7 Å². The Morgan fingerprint density at radius 1 is 1.23 bits per heavy atom. The Morgan fingerprint density at radius 3 is 2.48 bits per heavy atom. The van der Waals surface area contributed by atoms with Gasteiger partial charge in [0.05, 0.1) is 24.6 Å². The second-order valence-electron chi connectivity index (χ2n) is 7.96. The molecule has 0 aliphatic carbocycles. The molecule has 1 fully saturated rings. The second kappa shape index (κ2) is 7.56. The number of hydrogen-bond donors (Lipinski definition) is 3. The van der Waals surface area contributed by atoms with Crippen molar-refractivity contribution in [1.29, 1.82) is 5.41 Å². The van der Waals surface area contributed by atoms with Crippen molar-refractivity contribution in [3.05, 3.63) is 53.4 Å². The highest BCUT2D eigenvalue weighted by Crippen LogP contribution is 2.36. The minimum Gasteiger partial charge on any atom is -0.495 e. The second-order valence-corrected chi connectivity index (χ2v) is 10.5. The van der Waals surface area contributed by atoms with Crippen LogP contribution in [0.1, 0.15) is 36.8 Å². The van der Waals surface area contributed by atoms with Crippen LogP contribution in [0, 0.1) is 17.0 Å². The fourth-order valence-corrected chi connectivity index (χ4v) is 4.95. The van der Waals surface area contributed by atoms with Gasteiger partial charge in [-0.3, -0.25) is 10.2 Å². The molecule has 0 bridgehead atoms. The molecule has 2 heterocycles. The van der Waals surface area contributed by atoms with E-state index in [4.69, 9.17) is 10.1 Å². The fraction of sp³-hybridized carbons (Fsp3) is 0.350. The number of aromatic nitrogens is 1. The number of rotatable bonds is 4. The van der Waals surface area contributed by atoms with Crippen LogP contribution in [0.3, 0.4) is 0 Å². The molecule has 2 aromatic rings. The average molecular weight is 452 g/mol. The van der Waals surface area contributed by atoms with Crippen LogP contribution in [0.4, 0.5) is 14.5 Å². The molecule has 1 aromatic heterocycles. The average Bonchev–Trinajstić information content (AvgIpc) is 2.67. The maximum Gasteiger partial charge on any atom is 0.277 e. The van der Waals surface area contributed by atoms with E-state index < -0.39 is 49.1 Å². The van der Waals surface area contributed by atoms with Crippen LogP contribution < -0.4 is 15.4 Å². The highest BCUT2D eigenvalue weighted by atomic mass is 32.2. The number of halogens is 2. The highest BCUT2D eigenvalue weighted by molar-refractivity contribution is 7.93. The summed E-state index contributed by atoms with van der Waals surface area (Å²) in [4.78, 5) is 16.2. The molecule has 0 unspecified atom stereocenters. The lowest BCUT2D eigenvalue weighted by atomic mass is 9.91. The van der Waals surface area contributed by atoms with Crippen molar-refractivity contribution >= 4 is 27.3 Å². The Kier molecular flexibility index (Phi) is 5.51. The van der Waals surface area contributed by atoms with Crippen molar-refractivity contribution in [3.8, 4) is 5.75 Å². The number of carbonyl (C=O) groups excluding carboxylic acids is 1. The number of benzene rings is 1. The molecule has 1 aliphatic rings. The SMILES string of the molecule is COc1cnc(C(=O)Nc2ccc(F)c([C@]3(C)CS(=O)(=O)C(C)(C)C(=N)N3)c2)c(F)c1. The zero-order valence-corrected chi connectivity index (χ0v) is 18.2. The number of methoxy groups -OCH3 is 1. The summed E-state index contributed by atoms with van der Waals surface area (Å²) in [5, 5.41) is 13.3. The number of amidine groups is 1. The van der Waals surface area contributed by atoms with Crippen LogP contribution in [-0.4, -0.2) is 42.8 Å². The number of nitrogens with one attached hydrogen (secondary N) is 3. The Morgan fingerprint density at radius 2 is 1.90 bits per heavy atom. The maximum atomic E-state index is 14.7. The Hall–Kier alpha value is -3.08. The molecule has 31 heavy (non-hydrogen) atoms. The van der Waals surface area contributed by atoms with Crippen LogP contribution in [0.15, 0.2) is 30.5 Å². The lowest BCUT2D eigenvalue weighted by molar-refractivity contribution is 0.101. The van der Waals surface area contributed by atoms with Crippen molar-refractivity contribution in [2.45, 2.75) is 31.1 Å². The monoisotopic (exact) mass is 452 g/mol. The Balaban J connectivity index is 1.94. The molecule has 0 radical (unpaired) electrons. The summed E-state index contributed by atoms with van der Waals surface area (Å²) in [6.45, 7) is 4.27. The predicted octanol–water partition coefficient (Wildman–Crippen LogP) is 2.61. The molecule has 3 rings (SSSR count). The first-order chi connectivity index (χ1) is 14.3. The third-order valence-corrected chi connectivity index (χ3v) is 8.06. The van der Waals surface area contributed by atoms with Gasteiger partial charge in [0.1, 0.15) is 22.1 Å². The van der Waals surface area contributed by atoms with E-state index in [9.17, 15) is 22.0 Å². The van der Waals surface area contributed by atoms with E-state index in [1.807, 2.05) is 0 Å². The predicted molar refractivity (Wildman–Crippen MR) is 111 cm³/mol. The van der Waals surface area contributed by atoms with E-state index in [1.165, 1.54) is 46.2 Å². The molecule has 8 nitrogen and oxygen atoms in total. The summed E-state index contributed by atoms with van der Waals surface area (Å²) >= 11 is 0. The molecule has 1 atom stereocenters. The first kappa shape index (κ1) is 22.6. The number of hydrogen-bond acceptors (Lipinski definition) is 6. The van der Waals surface area contributed by atoms with Crippen LogP contribution in [0.25, 0.3) is 0 Å². The number of nitrogens with zero attached hydrogens (tertiary/aromatic N) is 1. The lowest BCUT2D eigenvalue weighted by Crippen LogP contribution is -2.64. The van der Waals surface area contributed by atoms with E-state index in [2.05, 4.69) is 15.6 Å². The van der Waals surface area contributed by atoms with Crippen LogP contribution in [-0.2, 0) is 15.4 Å². The molecule has 3 N–H and O–H groups in total. The van der Waals surface area contributed by atoms with E-state index in [0.29, 0.717) is 0 Å². The van der Waals surface area contributed by atoms with Crippen LogP contribution >= 0.6 is 0 Å². The van der Waals surface area contributed by atoms with Gasteiger partial charge in [0.2, 0.25) is 0 Å². The zero-order valence-electron chi connectivity index (χ0n) is 17.3. The molecule has 0 saturated carbocycles. The minimum atomic E-state index is -3.79. The number of amides is 1.